The second-order valence-electron chi connectivity index (χ2n) is 3.92. The zero-order valence-corrected chi connectivity index (χ0v) is 10.6. The largest absolute Gasteiger partial charge is 0.396 e. The smallest absolute Gasteiger partial charge is 0.0771 e. The number of hydrogen-bond donors (Lipinski definition) is 5. The molecule has 0 saturated carbocycles. The van der Waals surface area contributed by atoms with E-state index in [9.17, 15) is 0 Å². The van der Waals surface area contributed by atoms with Gasteiger partial charge in [0.25, 0.3) is 0 Å². The van der Waals surface area contributed by atoms with E-state index in [-0.39, 0.29) is 26.4 Å². The van der Waals surface area contributed by atoms with Gasteiger partial charge in [-0.15, -0.1) is 0 Å². The molecule has 0 aromatic rings. The quantitative estimate of drug-likeness (QED) is 0.353. The van der Waals surface area contributed by atoms with Gasteiger partial charge in [0.1, 0.15) is 0 Å². The SMILES string of the molecule is OCCCCC(O)CO.OCCCCCCO. The highest BCUT2D eigenvalue weighted by Crippen LogP contribution is 1.98. The summed E-state index contributed by atoms with van der Waals surface area (Å²) >= 11 is 0. The summed E-state index contributed by atoms with van der Waals surface area (Å²) in [6.45, 7) is 0.556. The van der Waals surface area contributed by atoms with Gasteiger partial charge in [-0.05, 0) is 32.1 Å². The zero-order valence-electron chi connectivity index (χ0n) is 10.6. The van der Waals surface area contributed by atoms with Crippen molar-refractivity contribution in [3.05, 3.63) is 0 Å². The zero-order chi connectivity index (χ0) is 13.4. The van der Waals surface area contributed by atoms with E-state index in [4.69, 9.17) is 25.5 Å². The fraction of sp³-hybridized carbons (Fsp3) is 1.00. The van der Waals surface area contributed by atoms with Crippen molar-refractivity contribution >= 4 is 0 Å². The van der Waals surface area contributed by atoms with Crippen molar-refractivity contribution in [2.75, 3.05) is 26.4 Å². The summed E-state index contributed by atoms with van der Waals surface area (Å²) in [6, 6.07) is 0. The van der Waals surface area contributed by atoms with Gasteiger partial charge in [-0.1, -0.05) is 12.8 Å². The van der Waals surface area contributed by atoms with E-state index in [1.54, 1.807) is 0 Å². The molecule has 17 heavy (non-hydrogen) atoms. The molecular weight excluding hydrogens is 224 g/mol. The standard InChI is InChI=1S/C6H14O3.C6H14O2/c7-4-2-1-3-6(9)5-8;7-5-3-1-2-4-6-8/h6-9H,1-5H2;7-8H,1-6H2. The third kappa shape index (κ3) is 21.6. The average molecular weight is 252 g/mol. The highest BCUT2D eigenvalue weighted by molar-refractivity contribution is 4.51. The number of hydrogen-bond acceptors (Lipinski definition) is 5. The molecule has 5 N–H and O–H groups in total. The Morgan fingerprint density at radius 2 is 1.00 bits per heavy atom. The first-order chi connectivity index (χ1) is 8.22. The van der Waals surface area contributed by atoms with E-state index in [0.29, 0.717) is 12.8 Å². The topological polar surface area (TPSA) is 101 Å². The molecule has 5 heteroatoms. The normalized spacial score (nSPS) is 11.8. The van der Waals surface area contributed by atoms with Gasteiger partial charge in [0.15, 0.2) is 0 Å². The molecule has 0 heterocycles. The Morgan fingerprint density at radius 3 is 1.35 bits per heavy atom. The van der Waals surface area contributed by atoms with Crippen LogP contribution >= 0.6 is 0 Å². The van der Waals surface area contributed by atoms with Gasteiger partial charge in [-0.25, -0.2) is 0 Å². The van der Waals surface area contributed by atoms with Gasteiger partial charge in [0.2, 0.25) is 0 Å². The molecule has 0 saturated heterocycles. The Labute approximate surface area is 104 Å². The van der Waals surface area contributed by atoms with Gasteiger partial charge >= 0.3 is 0 Å². The molecule has 1 atom stereocenters. The molecule has 0 aliphatic rings. The first-order valence-electron chi connectivity index (χ1n) is 6.34. The van der Waals surface area contributed by atoms with Gasteiger partial charge in [-0.2, -0.15) is 0 Å². The maximum Gasteiger partial charge on any atom is 0.0771 e. The van der Waals surface area contributed by atoms with E-state index in [1.165, 1.54) is 0 Å². The molecule has 0 aliphatic carbocycles. The van der Waals surface area contributed by atoms with Crippen molar-refractivity contribution in [2.45, 2.75) is 51.0 Å². The predicted molar refractivity (Wildman–Crippen MR) is 66.7 cm³/mol. The van der Waals surface area contributed by atoms with Crippen molar-refractivity contribution in [3.8, 4) is 0 Å². The summed E-state index contributed by atoms with van der Waals surface area (Å²) in [5, 5.41) is 42.0. The first kappa shape index (κ1) is 19.1. The summed E-state index contributed by atoms with van der Waals surface area (Å²) in [7, 11) is 0. The lowest BCUT2D eigenvalue weighted by Crippen LogP contribution is -2.11. The molecule has 1 unspecified atom stereocenters. The Bertz CT molecular complexity index is 115. The minimum Gasteiger partial charge on any atom is -0.396 e. The molecule has 106 valence electrons. The Balaban J connectivity index is 0. The van der Waals surface area contributed by atoms with Gasteiger partial charge in [0, 0.05) is 19.8 Å². The molecule has 5 nitrogen and oxygen atoms in total. The van der Waals surface area contributed by atoms with Crippen molar-refractivity contribution < 1.29 is 25.5 Å². The number of rotatable bonds is 10. The molecule has 0 aliphatic heterocycles. The van der Waals surface area contributed by atoms with Crippen LogP contribution in [-0.2, 0) is 0 Å². The molecule has 0 spiro atoms. The van der Waals surface area contributed by atoms with Gasteiger partial charge in [-0.3, -0.25) is 0 Å². The van der Waals surface area contributed by atoms with Crippen LogP contribution in [0.3, 0.4) is 0 Å². The van der Waals surface area contributed by atoms with Crippen molar-refractivity contribution in [1.82, 2.24) is 0 Å². The van der Waals surface area contributed by atoms with Crippen LogP contribution < -0.4 is 0 Å². The first-order valence-corrected chi connectivity index (χ1v) is 6.34. The van der Waals surface area contributed by atoms with E-state index in [2.05, 4.69) is 0 Å². The summed E-state index contributed by atoms with van der Waals surface area (Å²) in [5.41, 5.74) is 0. The van der Waals surface area contributed by atoms with E-state index in [1.807, 2.05) is 0 Å². The average Bonchev–Trinajstić information content (AvgIpc) is 2.35. The maximum absolute atomic E-state index is 8.75. The molecule has 0 amide bonds. The molecule has 0 rings (SSSR count). The fourth-order valence-electron chi connectivity index (χ4n) is 1.16. The van der Waals surface area contributed by atoms with Crippen LogP contribution in [0.5, 0.6) is 0 Å². The predicted octanol–water partition coefficient (Wildman–Crippen LogP) is 0.0336. The minimum atomic E-state index is -0.600. The van der Waals surface area contributed by atoms with E-state index in [0.717, 1.165) is 32.1 Å². The number of aliphatic hydroxyl groups is 5. The third-order valence-corrected chi connectivity index (χ3v) is 2.22. The number of unbranched alkanes of at least 4 members (excludes halogenated alkanes) is 4. The van der Waals surface area contributed by atoms with Gasteiger partial charge in [0.05, 0.1) is 12.7 Å². The van der Waals surface area contributed by atoms with E-state index >= 15 is 0 Å². The van der Waals surface area contributed by atoms with Crippen LogP contribution in [0, 0.1) is 0 Å². The van der Waals surface area contributed by atoms with Crippen LogP contribution in [0.4, 0.5) is 0 Å². The summed E-state index contributed by atoms with van der Waals surface area (Å²) in [4.78, 5) is 0. The summed E-state index contributed by atoms with van der Waals surface area (Å²) in [5.74, 6) is 0. The lowest BCUT2D eigenvalue weighted by Gasteiger charge is -2.03. The van der Waals surface area contributed by atoms with Crippen LogP contribution in [0.15, 0.2) is 0 Å². The lowest BCUT2D eigenvalue weighted by molar-refractivity contribution is 0.0848. The van der Waals surface area contributed by atoms with Gasteiger partial charge < -0.3 is 25.5 Å². The molecule has 0 radical (unpaired) electrons. The van der Waals surface area contributed by atoms with Crippen LogP contribution in [0.2, 0.25) is 0 Å². The Kier molecular flexibility index (Phi) is 20.5. The highest BCUT2D eigenvalue weighted by Gasteiger charge is 1.99. The fourth-order valence-corrected chi connectivity index (χ4v) is 1.16. The molecular formula is C12H28O5. The van der Waals surface area contributed by atoms with E-state index < -0.39 is 6.10 Å². The third-order valence-electron chi connectivity index (χ3n) is 2.22. The minimum absolute atomic E-state index is 0.165. The second kappa shape index (κ2) is 18.2. The van der Waals surface area contributed by atoms with Crippen molar-refractivity contribution in [2.24, 2.45) is 0 Å². The molecule has 0 bridgehead atoms. The highest BCUT2D eigenvalue weighted by atomic mass is 16.3. The maximum atomic E-state index is 8.75. The lowest BCUT2D eigenvalue weighted by atomic mass is 10.2. The van der Waals surface area contributed by atoms with Crippen LogP contribution in [0.25, 0.3) is 0 Å². The Hall–Kier alpha value is -0.200. The van der Waals surface area contributed by atoms with Crippen LogP contribution in [0.1, 0.15) is 44.9 Å². The molecule has 0 aromatic carbocycles. The summed E-state index contributed by atoms with van der Waals surface area (Å²) < 4.78 is 0. The van der Waals surface area contributed by atoms with Crippen LogP contribution in [-0.4, -0.2) is 58.1 Å². The monoisotopic (exact) mass is 252 g/mol. The van der Waals surface area contributed by atoms with Crippen molar-refractivity contribution in [3.63, 3.8) is 0 Å². The molecule has 0 aromatic heterocycles. The number of aliphatic hydroxyl groups excluding tert-OH is 5. The van der Waals surface area contributed by atoms with Crippen molar-refractivity contribution in [1.29, 1.82) is 0 Å². The Morgan fingerprint density at radius 1 is 0.588 bits per heavy atom. The summed E-state index contributed by atoms with van der Waals surface area (Å²) in [6.07, 6.45) is 5.29. The second-order valence-corrected chi connectivity index (χ2v) is 3.92. The molecule has 0 fully saturated rings.